The van der Waals surface area contributed by atoms with Crippen LogP contribution >= 0.6 is 0 Å². The van der Waals surface area contributed by atoms with Crippen molar-refractivity contribution in [2.24, 2.45) is 0 Å². The van der Waals surface area contributed by atoms with Crippen molar-refractivity contribution >= 4 is 32.5 Å². The average Bonchev–Trinajstić information content (AvgIpc) is 3.56. The molecule has 2 aromatic carbocycles. The zero-order chi connectivity index (χ0) is 23.7. The van der Waals surface area contributed by atoms with Crippen LogP contribution in [0.25, 0.3) is 10.8 Å². The van der Waals surface area contributed by atoms with E-state index in [0.717, 1.165) is 36.7 Å². The molecule has 2 fully saturated rings. The molecule has 3 heterocycles. The van der Waals surface area contributed by atoms with Crippen LogP contribution in [0.15, 0.2) is 59.6 Å². The number of fused-ring (bicyclic) bond motifs is 1. The Balaban J connectivity index is 1.19. The van der Waals surface area contributed by atoms with Crippen LogP contribution in [0.1, 0.15) is 33.7 Å². The smallest absolute Gasteiger partial charge is 0.270 e. The molecule has 8 nitrogen and oxygen atoms in total. The lowest BCUT2D eigenvalue weighted by Gasteiger charge is -2.33. The van der Waals surface area contributed by atoms with Crippen LogP contribution in [0.3, 0.4) is 0 Å². The number of aromatic nitrogens is 1. The summed E-state index contributed by atoms with van der Waals surface area (Å²) in [6, 6.07) is 14.5. The van der Waals surface area contributed by atoms with Gasteiger partial charge in [-0.15, -0.1) is 0 Å². The molecule has 0 bridgehead atoms. The Hall–Kier alpha value is -3.01. The molecule has 0 aliphatic carbocycles. The molecule has 2 aliphatic heterocycles. The number of nitrogens with zero attached hydrogens (tertiary/aromatic N) is 3. The van der Waals surface area contributed by atoms with E-state index in [-0.39, 0.29) is 18.2 Å². The molecule has 2 saturated heterocycles. The number of hydrogen-bond donors (Lipinski definition) is 1. The molecule has 0 atom stereocenters. The summed E-state index contributed by atoms with van der Waals surface area (Å²) in [5.74, 6) is -0.147. The minimum atomic E-state index is -3.60. The van der Waals surface area contributed by atoms with Gasteiger partial charge in [0.15, 0.2) is 5.78 Å². The molecular formula is C25H28N4O4S. The van der Waals surface area contributed by atoms with Crippen LogP contribution in [-0.2, 0) is 10.0 Å². The monoisotopic (exact) mass is 480 g/mol. The molecular weight excluding hydrogens is 452 g/mol. The predicted octanol–water partition coefficient (Wildman–Crippen LogP) is 2.59. The van der Waals surface area contributed by atoms with Crippen LogP contribution < -0.4 is 0 Å². The summed E-state index contributed by atoms with van der Waals surface area (Å²) in [6.07, 6.45) is 3.62. The topological polar surface area (TPSA) is 93.8 Å². The molecule has 0 unspecified atom stereocenters. The van der Waals surface area contributed by atoms with Gasteiger partial charge in [-0.1, -0.05) is 30.3 Å². The molecule has 0 spiro atoms. The van der Waals surface area contributed by atoms with E-state index in [1.165, 1.54) is 4.31 Å². The van der Waals surface area contributed by atoms with Crippen molar-refractivity contribution in [3.63, 3.8) is 0 Å². The Morgan fingerprint density at radius 3 is 2.29 bits per heavy atom. The van der Waals surface area contributed by atoms with Gasteiger partial charge in [-0.2, -0.15) is 4.31 Å². The minimum absolute atomic E-state index is 0.0657. The first-order valence-electron chi connectivity index (χ1n) is 11.6. The van der Waals surface area contributed by atoms with E-state index < -0.39 is 10.0 Å². The summed E-state index contributed by atoms with van der Waals surface area (Å²) in [6.45, 7) is 3.31. The maximum Gasteiger partial charge on any atom is 0.270 e. The number of carbonyl (C=O) groups is 2. The fourth-order valence-corrected chi connectivity index (χ4v) is 6.13. The highest BCUT2D eigenvalue weighted by atomic mass is 32.2. The van der Waals surface area contributed by atoms with Crippen molar-refractivity contribution in [2.75, 3.05) is 45.8 Å². The number of piperazine rings is 1. The van der Waals surface area contributed by atoms with Crippen molar-refractivity contribution in [3.8, 4) is 0 Å². The highest BCUT2D eigenvalue weighted by Crippen LogP contribution is 2.23. The minimum Gasteiger partial charge on any atom is -0.356 e. The van der Waals surface area contributed by atoms with E-state index in [0.29, 0.717) is 42.3 Å². The second-order valence-electron chi connectivity index (χ2n) is 8.91. The number of benzene rings is 2. The molecule has 9 heteroatoms. The standard InChI is InChI=1S/C25H28N4O4S/c30-24(21-16-23(26-17-21)25(31)28-9-3-4-10-28)18-27-11-13-29(14-12-27)34(32,33)22-8-7-19-5-1-2-6-20(19)15-22/h1-2,5-8,15-17,26H,3-4,9-14,18H2. The van der Waals surface area contributed by atoms with E-state index in [2.05, 4.69) is 4.98 Å². The zero-order valence-electron chi connectivity index (χ0n) is 18.9. The van der Waals surface area contributed by atoms with Gasteiger partial charge in [-0.3, -0.25) is 14.5 Å². The molecule has 34 heavy (non-hydrogen) atoms. The fourth-order valence-electron chi connectivity index (χ4n) is 4.67. The van der Waals surface area contributed by atoms with Gasteiger partial charge < -0.3 is 9.88 Å². The maximum absolute atomic E-state index is 13.2. The zero-order valence-corrected chi connectivity index (χ0v) is 19.8. The summed E-state index contributed by atoms with van der Waals surface area (Å²) in [5.41, 5.74) is 0.922. The number of ketones is 1. The van der Waals surface area contributed by atoms with Crippen molar-refractivity contribution in [1.82, 2.24) is 19.1 Å². The molecule has 3 aromatic rings. The SMILES string of the molecule is O=C(CN1CCN(S(=O)(=O)c2ccc3ccccc3c2)CC1)c1c[nH]c(C(=O)N2CCCC2)c1. The maximum atomic E-state index is 13.2. The molecule has 2 aliphatic rings. The third-order valence-corrected chi connectivity index (χ3v) is 8.58. The van der Waals surface area contributed by atoms with Crippen molar-refractivity contribution in [2.45, 2.75) is 17.7 Å². The first-order chi connectivity index (χ1) is 16.4. The number of rotatable bonds is 6. The number of amides is 1. The third kappa shape index (κ3) is 4.51. The summed E-state index contributed by atoms with van der Waals surface area (Å²) < 4.78 is 27.8. The summed E-state index contributed by atoms with van der Waals surface area (Å²) in [4.78, 5) is 32.3. The molecule has 1 amide bonds. The summed E-state index contributed by atoms with van der Waals surface area (Å²) in [7, 11) is -3.60. The number of sulfonamides is 1. The fraction of sp³-hybridized carbons (Fsp3) is 0.360. The van der Waals surface area contributed by atoms with Gasteiger partial charge in [0.05, 0.1) is 11.4 Å². The quantitative estimate of drug-likeness (QED) is 0.548. The largest absolute Gasteiger partial charge is 0.356 e. The van der Waals surface area contributed by atoms with Gasteiger partial charge >= 0.3 is 0 Å². The van der Waals surface area contributed by atoms with Crippen LogP contribution in [-0.4, -0.2) is 85.0 Å². The van der Waals surface area contributed by atoms with Crippen LogP contribution in [0, 0.1) is 0 Å². The number of aromatic amines is 1. The predicted molar refractivity (Wildman–Crippen MR) is 129 cm³/mol. The van der Waals surface area contributed by atoms with Crippen LogP contribution in [0.2, 0.25) is 0 Å². The number of Topliss-reactive ketones (excluding diaryl/α,β-unsaturated/α-hetero) is 1. The van der Waals surface area contributed by atoms with Crippen molar-refractivity contribution in [3.05, 3.63) is 66.0 Å². The Labute approximate surface area is 199 Å². The highest BCUT2D eigenvalue weighted by Gasteiger charge is 2.30. The molecule has 5 rings (SSSR count). The third-order valence-electron chi connectivity index (χ3n) is 6.69. The molecule has 1 aromatic heterocycles. The Morgan fingerprint density at radius 1 is 0.853 bits per heavy atom. The summed E-state index contributed by atoms with van der Waals surface area (Å²) >= 11 is 0. The number of carbonyl (C=O) groups excluding carboxylic acids is 2. The van der Waals surface area contributed by atoms with Gasteiger partial charge in [0.1, 0.15) is 5.69 Å². The second kappa shape index (κ2) is 9.32. The highest BCUT2D eigenvalue weighted by molar-refractivity contribution is 7.89. The normalized spacial score (nSPS) is 17.9. The van der Waals surface area contributed by atoms with E-state index in [9.17, 15) is 18.0 Å². The first-order valence-corrected chi connectivity index (χ1v) is 13.1. The molecule has 1 N–H and O–H groups in total. The van der Waals surface area contributed by atoms with Gasteiger partial charge in [0.2, 0.25) is 10.0 Å². The Morgan fingerprint density at radius 2 is 1.56 bits per heavy atom. The number of nitrogens with one attached hydrogen (secondary N) is 1. The molecule has 178 valence electrons. The Kier molecular flexibility index (Phi) is 6.24. The van der Waals surface area contributed by atoms with Crippen molar-refractivity contribution < 1.29 is 18.0 Å². The first kappa shape index (κ1) is 22.8. The lowest BCUT2D eigenvalue weighted by Crippen LogP contribution is -2.49. The number of H-pyrrole nitrogens is 1. The van der Waals surface area contributed by atoms with E-state index in [1.54, 1.807) is 29.3 Å². The summed E-state index contributed by atoms with van der Waals surface area (Å²) in [5, 5.41) is 1.89. The van der Waals surface area contributed by atoms with Crippen molar-refractivity contribution in [1.29, 1.82) is 0 Å². The van der Waals surface area contributed by atoms with Gasteiger partial charge in [-0.25, -0.2) is 8.42 Å². The van der Waals surface area contributed by atoms with E-state index in [1.807, 2.05) is 35.2 Å². The van der Waals surface area contributed by atoms with Crippen LogP contribution in [0.4, 0.5) is 0 Å². The lowest BCUT2D eigenvalue weighted by atomic mass is 10.1. The van der Waals surface area contributed by atoms with Crippen LogP contribution in [0.5, 0.6) is 0 Å². The Bertz CT molecular complexity index is 1320. The van der Waals surface area contributed by atoms with Gasteiger partial charge in [-0.05, 0) is 41.8 Å². The number of likely N-dealkylation sites (tertiary alicyclic amines) is 1. The second-order valence-corrected chi connectivity index (χ2v) is 10.9. The number of hydrogen-bond acceptors (Lipinski definition) is 5. The molecule has 0 radical (unpaired) electrons. The van der Waals surface area contributed by atoms with E-state index >= 15 is 0 Å². The van der Waals surface area contributed by atoms with Gasteiger partial charge in [0.25, 0.3) is 5.91 Å². The van der Waals surface area contributed by atoms with E-state index in [4.69, 9.17) is 0 Å². The van der Waals surface area contributed by atoms with Gasteiger partial charge in [0, 0.05) is 51.0 Å². The average molecular weight is 481 g/mol. The molecule has 0 saturated carbocycles. The lowest BCUT2D eigenvalue weighted by molar-refractivity contribution is 0.0787.